The molecule has 1 amide bonds. The standard InChI is InChI=1S/C17H20FN3O3/c1-23-9-7-19-17(22)16-14-11-24-8-6-15(14)21(20-16)10-12-2-4-13(18)5-3-12/h2-5H,6-11H2,1H3,(H,19,22). The first-order chi connectivity index (χ1) is 11.7. The maximum absolute atomic E-state index is 13.1. The Morgan fingerprint density at radius 3 is 2.96 bits per heavy atom. The molecule has 0 radical (unpaired) electrons. The maximum atomic E-state index is 13.1. The van der Waals surface area contributed by atoms with Gasteiger partial charge >= 0.3 is 0 Å². The van der Waals surface area contributed by atoms with Gasteiger partial charge in [0, 0.05) is 31.3 Å². The molecule has 7 heteroatoms. The molecule has 3 rings (SSSR count). The van der Waals surface area contributed by atoms with E-state index in [4.69, 9.17) is 9.47 Å². The fourth-order valence-electron chi connectivity index (χ4n) is 2.73. The van der Waals surface area contributed by atoms with Crippen LogP contribution in [-0.2, 0) is 29.0 Å². The van der Waals surface area contributed by atoms with Crippen molar-refractivity contribution in [1.29, 1.82) is 0 Å². The van der Waals surface area contributed by atoms with Crippen LogP contribution < -0.4 is 5.32 Å². The van der Waals surface area contributed by atoms with Crippen molar-refractivity contribution in [3.05, 3.63) is 52.6 Å². The summed E-state index contributed by atoms with van der Waals surface area (Å²) < 4.78 is 25.3. The van der Waals surface area contributed by atoms with Gasteiger partial charge in [-0.1, -0.05) is 12.1 Å². The highest BCUT2D eigenvalue weighted by atomic mass is 19.1. The van der Waals surface area contributed by atoms with Gasteiger partial charge in [-0.2, -0.15) is 5.10 Å². The van der Waals surface area contributed by atoms with E-state index in [9.17, 15) is 9.18 Å². The predicted molar refractivity (Wildman–Crippen MR) is 85.3 cm³/mol. The fourth-order valence-corrected chi connectivity index (χ4v) is 2.73. The highest BCUT2D eigenvalue weighted by Crippen LogP contribution is 2.22. The third kappa shape index (κ3) is 3.63. The largest absolute Gasteiger partial charge is 0.383 e. The normalized spacial score (nSPS) is 13.6. The van der Waals surface area contributed by atoms with Crippen molar-refractivity contribution in [1.82, 2.24) is 15.1 Å². The summed E-state index contributed by atoms with van der Waals surface area (Å²) in [4.78, 5) is 12.4. The van der Waals surface area contributed by atoms with Gasteiger partial charge in [0.2, 0.25) is 0 Å². The SMILES string of the molecule is COCCNC(=O)c1nn(Cc2ccc(F)cc2)c2c1COCC2. The molecule has 0 aliphatic carbocycles. The number of carbonyl (C=O) groups is 1. The summed E-state index contributed by atoms with van der Waals surface area (Å²) in [5, 5.41) is 7.27. The van der Waals surface area contributed by atoms with E-state index in [1.165, 1.54) is 12.1 Å². The molecule has 1 aromatic heterocycles. The van der Waals surface area contributed by atoms with E-state index in [0.717, 1.165) is 16.8 Å². The first kappa shape index (κ1) is 16.6. The van der Waals surface area contributed by atoms with Gasteiger partial charge in [0.25, 0.3) is 5.91 Å². The Morgan fingerprint density at radius 1 is 1.42 bits per heavy atom. The lowest BCUT2D eigenvalue weighted by Gasteiger charge is -2.15. The zero-order valence-electron chi connectivity index (χ0n) is 13.5. The molecule has 128 valence electrons. The minimum absolute atomic E-state index is 0.230. The van der Waals surface area contributed by atoms with Crippen molar-refractivity contribution >= 4 is 5.91 Å². The number of nitrogens with zero attached hydrogens (tertiary/aromatic N) is 2. The molecule has 0 spiro atoms. The number of aromatic nitrogens is 2. The van der Waals surface area contributed by atoms with Crippen LogP contribution in [0.25, 0.3) is 0 Å². The Morgan fingerprint density at radius 2 is 2.21 bits per heavy atom. The van der Waals surface area contributed by atoms with Gasteiger partial charge in [-0.25, -0.2) is 4.39 Å². The molecule has 0 bridgehead atoms. The highest BCUT2D eigenvalue weighted by molar-refractivity contribution is 5.94. The lowest BCUT2D eigenvalue weighted by atomic mass is 10.1. The summed E-state index contributed by atoms with van der Waals surface area (Å²) in [6, 6.07) is 6.29. The molecular formula is C17H20FN3O3. The van der Waals surface area contributed by atoms with Gasteiger partial charge < -0.3 is 14.8 Å². The van der Waals surface area contributed by atoms with Gasteiger partial charge in [0.05, 0.1) is 26.4 Å². The van der Waals surface area contributed by atoms with Crippen LogP contribution in [0.3, 0.4) is 0 Å². The van der Waals surface area contributed by atoms with Gasteiger partial charge in [-0.15, -0.1) is 0 Å². The molecule has 1 N–H and O–H groups in total. The quantitative estimate of drug-likeness (QED) is 0.814. The Hall–Kier alpha value is -2.25. The molecule has 6 nitrogen and oxygen atoms in total. The zero-order valence-corrected chi connectivity index (χ0v) is 13.5. The Kier molecular flexibility index (Phi) is 5.22. The number of rotatable bonds is 6. The number of nitrogens with one attached hydrogen (secondary N) is 1. The van der Waals surface area contributed by atoms with Crippen LogP contribution in [0, 0.1) is 5.82 Å². The summed E-state index contributed by atoms with van der Waals surface area (Å²) in [7, 11) is 1.58. The third-order valence-corrected chi connectivity index (χ3v) is 3.95. The molecule has 2 aromatic rings. The molecule has 0 fully saturated rings. The van der Waals surface area contributed by atoms with Gasteiger partial charge in [-0.3, -0.25) is 9.48 Å². The smallest absolute Gasteiger partial charge is 0.272 e. The molecule has 1 aromatic carbocycles. The summed E-state index contributed by atoms with van der Waals surface area (Å²) in [6.45, 7) is 2.35. The molecule has 1 aliphatic heterocycles. The van der Waals surface area contributed by atoms with Crippen LogP contribution in [-0.4, -0.2) is 42.6 Å². The number of ether oxygens (including phenoxy) is 2. The van der Waals surface area contributed by atoms with E-state index >= 15 is 0 Å². The molecule has 0 atom stereocenters. The van der Waals surface area contributed by atoms with Crippen LogP contribution >= 0.6 is 0 Å². The first-order valence-electron chi connectivity index (χ1n) is 7.87. The van der Waals surface area contributed by atoms with Crippen LogP contribution in [0.5, 0.6) is 0 Å². The number of hydrogen-bond donors (Lipinski definition) is 1. The summed E-state index contributed by atoms with van der Waals surface area (Å²) in [5.41, 5.74) is 3.16. The van der Waals surface area contributed by atoms with Gasteiger partial charge in [0.15, 0.2) is 5.69 Å². The number of benzene rings is 1. The first-order valence-corrected chi connectivity index (χ1v) is 7.87. The van der Waals surface area contributed by atoms with Crippen molar-refractivity contribution in [3.63, 3.8) is 0 Å². The van der Waals surface area contributed by atoms with Crippen molar-refractivity contribution in [2.45, 2.75) is 19.6 Å². The maximum Gasteiger partial charge on any atom is 0.272 e. The minimum atomic E-state index is -0.271. The van der Waals surface area contributed by atoms with E-state index in [1.54, 1.807) is 19.2 Å². The molecule has 0 saturated carbocycles. The van der Waals surface area contributed by atoms with Crippen molar-refractivity contribution in [2.75, 3.05) is 26.9 Å². The highest BCUT2D eigenvalue weighted by Gasteiger charge is 2.25. The Bertz CT molecular complexity index is 713. The molecule has 2 heterocycles. The average molecular weight is 333 g/mol. The number of hydrogen-bond acceptors (Lipinski definition) is 4. The molecule has 0 unspecified atom stereocenters. The Balaban J connectivity index is 1.84. The number of carbonyl (C=O) groups excluding carboxylic acids is 1. The van der Waals surface area contributed by atoms with Crippen molar-refractivity contribution in [2.24, 2.45) is 0 Å². The molecule has 0 saturated heterocycles. The van der Waals surface area contributed by atoms with Gasteiger partial charge in [0.1, 0.15) is 5.82 Å². The number of amides is 1. The third-order valence-electron chi connectivity index (χ3n) is 3.95. The van der Waals surface area contributed by atoms with E-state index in [1.807, 2.05) is 4.68 Å². The lowest BCUT2D eigenvalue weighted by Crippen LogP contribution is -2.28. The molecule has 24 heavy (non-hydrogen) atoms. The van der Waals surface area contributed by atoms with E-state index in [2.05, 4.69) is 10.4 Å². The molecular weight excluding hydrogens is 313 g/mol. The summed E-state index contributed by atoms with van der Waals surface area (Å²) >= 11 is 0. The average Bonchev–Trinajstić information content (AvgIpc) is 2.96. The number of methoxy groups -OCH3 is 1. The predicted octanol–water partition coefficient (Wildman–Crippen LogP) is 1.52. The van der Waals surface area contributed by atoms with Crippen LogP contribution in [0.2, 0.25) is 0 Å². The summed E-state index contributed by atoms with van der Waals surface area (Å²) in [6.07, 6.45) is 0.703. The second kappa shape index (κ2) is 7.55. The monoisotopic (exact) mass is 333 g/mol. The second-order valence-electron chi connectivity index (χ2n) is 5.61. The Labute approximate surface area is 139 Å². The van der Waals surface area contributed by atoms with E-state index in [0.29, 0.717) is 45.0 Å². The lowest BCUT2D eigenvalue weighted by molar-refractivity contribution is 0.0910. The van der Waals surface area contributed by atoms with E-state index in [-0.39, 0.29) is 11.7 Å². The van der Waals surface area contributed by atoms with Crippen molar-refractivity contribution in [3.8, 4) is 0 Å². The van der Waals surface area contributed by atoms with Gasteiger partial charge in [-0.05, 0) is 17.7 Å². The fraction of sp³-hybridized carbons (Fsp3) is 0.412. The molecule has 1 aliphatic rings. The number of halogens is 1. The van der Waals surface area contributed by atoms with E-state index < -0.39 is 0 Å². The van der Waals surface area contributed by atoms with Crippen LogP contribution in [0.15, 0.2) is 24.3 Å². The summed E-state index contributed by atoms with van der Waals surface area (Å²) in [5.74, 6) is -0.500. The van der Waals surface area contributed by atoms with Crippen molar-refractivity contribution < 1.29 is 18.7 Å². The van der Waals surface area contributed by atoms with Crippen LogP contribution in [0.1, 0.15) is 27.3 Å². The van der Waals surface area contributed by atoms with Crippen LogP contribution in [0.4, 0.5) is 4.39 Å². The second-order valence-corrected chi connectivity index (χ2v) is 5.61. The minimum Gasteiger partial charge on any atom is -0.383 e. The number of fused-ring (bicyclic) bond motifs is 1. The zero-order chi connectivity index (χ0) is 16.9. The topological polar surface area (TPSA) is 65.4 Å².